The van der Waals surface area contributed by atoms with Gasteiger partial charge in [-0.25, -0.2) is 0 Å². The highest BCUT2D eigenvalue weighted by Crippen LogP contribution is 2.38. The highest BCUT2D eigenvalue weighted by molar-refractivity contribution is 4.98. The molecule has 0 saturated heterocycles. The first kappa shape index (κ1) is 14.9. The summed E-state index contributed by atoms with van der Waals surface area (Å²) in [6.07, 6.45) is 6.12. The van der Waals surface area contributed by atoms with Gasteiger partial charge in [0.1, 0.15) is 0 Å². The monoisotopic (exact) mass is 215 g/mol. The molecular formula is C12H29N3. The molecule has 0 aromatic heterocycles. The van der Waals surface area contributed by atoms with Gasteiger partial charge >= 0.3 is 0 Å². The van der Waals surface area contributed by atoms with E-state index in [1.807, 2.05) is 0 Å². The lowest BCUT2D eigenvalue weighted by molar-refractivity contribution is 0.0940. The van der Waals surface area contributed by atoms with Crippen molar-refractivity contribution in [1.82, 2.24) is 0 Å². The normalized spacial score (nSPS) is 13.2. The molecule has 0 saturated carbocycles. The van der Waals surface area contributed by atoms with E-state index < -0.39 is 5.66 Å². The molecule has 0 atom stereocenters. The molecule has 0 rings (SSSR count). The lowest BCUT2D eigenvalue weighted by Crippen LogP contribution is -2.65. The summed E-state index contributed by atoms with van der Waals surface area (Å²) in [5, 5.41) is 0. The van der Waals surface area contributed by atoms with Crippen molar-refractivity contribution in [3.05, 3.63) is 0 Å². The van der Waals surface area contributed by atoms with Gasteiger partial charge in [0.2, 0.25) is 0 Å². The van der Waals surface area contributed by atoms with Crippen LogP contribution in [-0.2, 0) is 0 Å². The predicted molar refractivity (Wildman–Crippen MR) is 67.3 cm³/mol. The third kappa shape index (κ3) is 3.44. The van der Waals surface area contributed by atoms with Crippen molar-refractivity contribution in [2.45, 2.75) is 65.0 Å². The van der Waals surface area contributed by atoms with Crippen LogP contribution in [0.1, 0.15) is 59.3 Å². The van der Waals surface area contributed by atoms with Crippen LogP contribution >= 0.6 is 0 Å². The number of rotatable bonds is 8. The third-order valence-corrected chi connectivity index (χ3v) is 3.50. The first-order chi connectivity index (χ1) is 6.99. The van der Waals surface area contributed by atoms with Gasteiger partial charge in [0.15, 0.2) is 0 Å². The van der Waals surface area contributed by atoms with Crippen LogP contribution in [0.2, 0.25) is 0 Å². The largest absolute Gasteiger partial charge is 0.330 e. The summed E-state index contributed by atoms with van der Waals surface area (Å²) in [5.41, 5.74) is 17.8. The van der Waals surface area contributed by atoms with E-state index in [1.165, 1.54) is 0 Å². The first-order valence-electron chi connectivity index (χ1n) is 6.27. The number of hydrogen-bond donors (Lipinski definition) is 3. The SMILES string of the molecule is CCCC(N)(N)C(CN)(CCC)CCC. The Bertz CT molecular complexity index is 160. The smallest absolute Gasteiger partial charge is 0.0706 e. The zero-order chi connectivity index (χ0) is 11.9. The molecule has 92 valence electrons. The zero-order valence-corrected chi connectivity index (χ0v) is 10.7. The number of nitrogens with two attached hydrogens (primary N) is 3. The molecule has 0 aliphatic carbocycles. The fourth-order valence-electron chi connectivity index (χ4n) is 2.62. The molecule has 0 aliphatic rings. The maximum absolute atomic E-state index is 6.29. The van der Waals surface area contributed by atoms with Crippen LogP contribution in [0.15, 0.2) is 0 Å². The Hall–Kier alpha value is -0.120. The van der Waals surface area contributed by atoms with E-state index in [0.29, 0.717) is 6.54 Å². The summed E-state index contributed by atoms with van der Waals surface area (Å²) in [7, 11) is 0. The van der Waals surface area contributed by atoms with E-state index in [4.69, 9.17) is 17.2 Å². The van der Waals surface area contributed by atoms with Crippen LogP contribution in [0, 0.1) is 5.41 Å². The fourth-order valence-corrected chi connectivity index (χ4v) is 2.62. The topological polar surface area (TPSA) is 78.1 Å². The molecule has 0 heterocycles. The Balaban J connectivity index is 4.84. The highest BCUT2D eigenvalue weighted by Gasteiger charge is 2.42. The molecule has 0 aromatic rings. The summed E-state index contributed by atoms with van der Waals surface area (Å²) in [6, 6.07) is 0. The van der Waals surface area contributed by atoms with Crippen LogP contribution in [-0.4, -0.2) is 12.2 Å². The van der Waals surface area contributed by atoms with Gasteiger partial charge in [-0.2, -0.15) is 0 Å². The standard InChI is InChI=1S/C12H29N3/c1-4-7-11(10-13,8-5-2)12(14,15)9-6-3/h4-10,13-15H2,1-3H3. The van der Waals surface area contributed by atoms with Crippen molar-refractivity contribution < 1.29 is 0 Å². The van der Waals surface area contributed by atoms with Gasteiger partial charge < -0.3 is 17.2 Å². The van der Waals surface area contributed by atoms with Gasteiger partial charge in [-0.15, -0.1) is 0 Å². The molecule has 0 spiro atoms. The molecule has 15 heavy (non-hydrogen) atoms. The van der Waals surface area contributed by atoms with Crippen molar-refractivity contribution >= 4 is 0 Å². The van der Waals surface area contributed by atoms with Crippen LogP contribution in [0.4, 0.5) is 0 Å². The van der Waals surface area contributed by atoms with Crippen molar-refractivity contribution in [3.8, 4) is 0 Å². The van der Waals surface area contributed by atoms with E-state index in [1.54, 1.807) is 0 Å². The highest BCUT2D eigenvalue weighted by atomic mass is 15.0. The zero-order valence-electron chi connectivity index (χ0n) is 10.7. The van der Waals surface area contributed by atoms with Crippen molar-refractivity contribution in [2.24, 2.45) is 22.6 Å². The van der Waals surface area contributed by atoms with E-state index in [2.05, 4.69) is 20.8 Å². The molecule has 3 nitrogen and oxygen atoms in total. The quantitative estimate of drug-likeness (QED) is 0.541. The summed E-state index contributed by atoms with van der Waals surface area (Å²) in [5.74, 6) is 0. The van der Waals surface area contributed by atoms with Crippen molar-refractivity contribution in [3.63, 3.8) is 0 Å². The lowest BCUT2D eigenvalue weighted by atomic mass is 9.68. The molecule has 0 radical (unpaired) electrons. The van der Waals surface area contributed by atoms with E-state index >= 15 is 0 Å². The average Bonchev–Trinajstić information content (AvgIpc) is 2.17. The van der Waals surface area contributed by atoms with Crippen LogP contribution in [0.25, 0.3) is 0 Å². The fraction of sp³-hybridized carbons (Fsp3) is 1.00. The Morgan fingerprint density at radius 3 is 1.47 bits per heavy atom. The minimum Gasteiger partial charge on any atom is -0.330 e. The molecule has 0 aromatic carbocycles. The second-order valence-corrected chi connectivity index (χ2v) is 4.77. The van der Waals surface area contributed by atoms with Gasteiger partial charge in [-0.3, -0.25) is 0 Å². The van der Waals surface area contributed by atoms with Crippen LogP contribution in [0.5, 0.6) is 0 Å². The van der Waals surface area contributed by atoms with Gasteiger partial charge in [-0.05, 0) is 19.3 Å². The molecule has 0 aliphatic heterocycles. The first-order valence-corrected chi connectivity index (χ1v) is 6.27. The molecule has 0 bridgehead atoms. The van der Waals surface area contributed by atoms with E-state index in [9.17, 15) is 0 Å². The summed E-state index contributed by atoms with van der Waals surface area (Å²) in [6.45, 7) is 7.06. The maximum Gasteiger partial charge on any atom is 0.0706 e. The summed E-state index contributed by atoms with van der Waals surface area (Å²) in [4.78, 5) is 0. The maximum atomic E-state index is 6.29. The van der Waals surface area contributed by atoms with Crippen LogP contribution < -0.4 is 17.2 Å². The Morgan fingerprint density at radius 1 is 0.800 bits per heavy atom. The molecule has 3 heteroatoms. The minimum absolute atomic E-state index is 0.0769. The minimum atomic E-state index is -0.609. The average molecular weight is 215 g/mol. The summed E-state index contributed by atoms with van der Waals surface area (Å²) < 4.78 is 0. The molecule has 0 unspecified atom stereocenters. The predicted octanol–water partition coefficient (Wildman–Crippen LogP) is 1.95. The number of hydrogen-bond acceptors (Lipinski definition) is 3. The van der Waals surface area contributed by atoms with E-state index in [-0.39, 0.29) is 5.41 Å². The second-order valence-electron chi connectivity index (χ2n) is 4.77. The molecule has 6 N–H and O–H groups in total. The molecule has 0 fully saturated rings. The van der Waals surface area contributed by atoms with Crippen molar-refractivity contribution in [1.29, 1.82) is 0 Å². The Morgan fingerprint density at radius 2 is 1.20 bits per heavy atom. The van der Waals surface area contributed by atoms with Gasteiger partial charge in [0, 0.05) is 12.0 Å². The van der Waals surface area contributed by atoms with Gasteiger partial charge in [0.25, 0.3) is 0 Å². The lowest BCUT2D eigenvalue weighted by Gasteiger charge is -2.46. The third-order valence-electron chi connectivity index (χ3n) is 3.50. The Labute approximate surface area is 94.8 Å². The van der Waals surface area contributed by atoms with Gasteiger partial charge in [-0.1, -0.05) is 40.0 Å². The molecule has 0 amide bonds. The van der Waals surface area contributed by atoms with Crippen LogP contribution in [0.3, 0.4) is 0 Å². The van der Waals surface area contributed by atoms with Gasteiger partial charge in [0.05, 0.1) is 5.66 Å². The summed E-state index contributed by atoms with van der Waals surface area (Å²) >= 11 is 0. The van der Waals surface area contributed by atoms with Crippen molar-refractivity contribution in [2.75, 3.05) is 6.54 Å². The Kier molecular flexibility index (Phi) is 6.41. The van der Waals surface area contributed by atoms with E-state index in [0.717, 1.165) is 38.5 Å². The molecular weight excluding hydrogens is 186 g/mol. The second kappa shape index (κ2) is 6.46.